The normalized spacial score (nSPS) is 16.6. The van der Waals surface area contributed by atoms with Crippen molar-refractivity contribution in [3.05, 3.63) is 76.0 Å². The zero-order valence-corrected chi connectivity index (χ0v) is 19.3. The van der Waals surface area contributed by atoms with Crippen LogP contribution < -0.4 is 5.32 Å². The first-order valence-electron chi connectivity index (χ1n) is 10.9. The monoisotopic (exact) mass is 417 g/mol. The lowest BCUT2D eigenvalue weighted by molar-refractivity contribution is 0.0994. The van der Waals surface area contributed by atoms with Crippen LogP contribution in [0, 0.1) is 13.8 Å². The van der Waals surface area contributed by atoms with Crippen molar-refractivity contribution < 1.29 is 9.21 Å². The van der Waals surface area contributed by atoms with Crippen LogP contribution in [0.3, 0.4) is 0 Å². The second kappa shape index (κ2) is 7.63. The van der Waals surface area contributed by atoms with Gasteiger partial charge in [0, 0.05) is 18.3 Å². The lowest BCUT2D eigenvalue weighted by Gasteiger charge is -2.42. The van der Waals surface area contributed by atoms with Crippen LogP contribution in [0.25, 0.3) is 0 Å². The van der Waals surface area contributed by atoms with Crippen LogP contribution in [0.1, 0.15) is 84.8 Å². The summed E-state index contributed by atoms with van der Waals surface area (Å²) in [7, 11) is 0. The Morgan fingerprint density at radius 2 is 1.71 bits per heavy atom. The van der Waals surface area contributed by atoms with Gasteiger partial charge in [-0.05, 0) is 78.0 Å². The molecule has 0 atom stereocenters. The predicted octanol–water partition coefficient (Wildman–Crippen LogP) is 5.88. The highest BCUT2D eigenvalue weighted by molar-refractivity contribution is 6.01. The van der Waals surface area contributed by atoms with E-state index in [0.717, 1.165) is 11.5 Å². The van der Waals surface area contributed by atoms with Crippen molar-refractivity contribution >= 4 is 11.9 Å². The summed E-state index contributed by atoms with van der Waals surface area (Å²) in [6.07, 6.45) is 4.66. The van der Waals surface area contributed by atoms with Crippen molar-refractivity contribution in [2.75, 3.05) is 5.32 Å². The highest BCUT2D eigenvalue weighted by atomic mass is 16.3. The summed E-state index contributed by atoms with van der Waals surface area (Å²) in [5, 5.41) is 2.69. The molecule has 4 rings (SSSR count). The molecule has 0 fully saturated rings. The summed E-state index contributed by atoms with van der Waals surface area (Å²) >= 11 is 0. The smallest absolute Gasteiger partial charge is 0.293 e. The minimum atomic E-state index is -0.345. The zero-order chi connectivity index (χ0) is 22.4. The maximum absolute atomic E-state index is 12.5. The third-order valence-electron chi connectivity index (χ3n) is 6.58. The molecule has 0 radical (unpaired) electrons. The number of hydrogen-bond donors (Lipinski definition) is 1. The van der Waals surface area contributed by atoms with Crippen molar-refractivity contribution in [2.24, 2.45) is 0 Å². The number of furan rings is 1. The molecule has 1 amide bonds. The van der Waals surface area contributed by atoms with Gasteiger partial charge in [0.1, 0.15) is 5.76 Å². The zero-order valence-electron chi connectivity index (χ0n) is 19.3. The standard InChI is InChI=1S/C26H31N3O2/c1-16-13-20-21(26(5,6)11-10-25(20,3)4)15-18(16)14-19-7-8-22(31-19)23(30)29-24-27-12-9-17(2)28-24/h7-9,12-13,15H,10-11,14H2,1-6H3,(H,27,28,29,30). The first-order chi connectivity index (χ1) is 14.5. The SMILES string of the molecule is Cc1ccnc(NC(=O)c2ccc(Cc3cc4c(cc3C)C(C)(C)CCC4(C)C)o2)n1. The van der Waals surface area contributed by atoms with E-state index in [4.69, 9.17) is 4.42 Å². The number of nitrogens with one attached hydrogen (secondary N) is 1. The van der Waals surface area contributed by atoms with Crippen molar-refractivity contribution in [3.8, 4) is 0 Å². The van der Waals surface area contributed by atoms with Gasteiger partial charge < -0.3 is 4.42 Å². The van der Waals surface area contributed by atoms with E-state index in [-0.39, 0.29) is 28.4 Å². The predicted molar refractivity (Wildman–Crippen MR) is 123 cm³/mol. The van der Waals surface area contributed by atoms with Gasteiger partial charge in [0.2, 0.25) is 5.95 Å². The van der Waals surface area contributed by atoms with E-state index >= 15 is 0 Å². The van der Waals surface area contributed by atoms with Gasteiger partial charge in [0.05, 0.1) is 0 Å². The first kappa shape index (κ1) is 21.3. The van der Waals surface area contributed by atoms with E-state index in [9.17, 15) is 4.79 Å². The molecule has 0 unspecified atom stereocenters. The molecule has 0 spiro atoms. The molecule has 2 heterocycles. The van der Waals surface area contributed by atoms with Gasteiger partial charge in [-0.15, -0.1) is 0 Å². The van der Waals surface area contributed by atoms with Crippen molar-refractivity contribution in [2.45, 2.75) is 71.6 Å². The molecule has 2 aromatic heterocycles. The minimum Gasteiger partial charge on any atom is -0.456 e. The minimum absolute atomic E-state index is 0.162. The molecule has 1 N–H and O–H groups in total. The topological polar surface area (TPSA) is 68.0 Å². The molecule has 162 valence electrons. The van der Waals surface area contributed by atoms with Crippen molar-refractivity contribution in [3.63, 3.8) is 0 Å². The van der Waals surface area contributed by atoms with E-state index in [0.29, 0.717) is 6.42 Å². The Balaban J connectivity index is 1.57. The second-order valence-electron chi connectivity index (χ2n) is 10.0. The number of hydrogen-bond acceptors (Lipinski definition) is 4. The molecule has 5 heteroatoms. The van der Waals surface area contributed by atoms with Crippen LogP contribution >= 0.6 is 0 Å². The number of aryl methyl sites for hydroxylation is 2. The number of amides is 1. The van der Waals surface area contributed by atoms with Crippen LogP contribution in [0.2, 0.25) is 0 Å². The molecule has 0 aliphatic heterocycles. The Morgan fingerprint density at radius 3 is 2.39 bits per heavy atom. The van der Waals surface area contributed by atoms with Crippen molar-refractivity contribution in [1.29, 1.82) is 0 Å². The Morgan fingerprint density at radius 1 is 1.03 bits per heavy atom. The number of carbonyl (C=O) groups excluding carboxylic acids is 1. The summed E-state index contributed by atoms with van der Waals surface area (Å²) in [5.74, 6) is 0.962. The summed E-state index contributed by atoms with van der Waals surface area (Å²) < 4.78 is 5.88. The van der Waals surface area contributed by atoms with Crippen LogP contribution in [0.5, 0.6) is 0 Å². The highest BCUT2D eigenvalue weighted by Crippen LogP contribution is 2.46. The molecule has 0 bridgehead atoms. The van der Waals surface area contributed by atoms with Crippen LogP contribution in [0.15, 0.2) is 40.9 Å². The van der Waals surface area contributed by atoms with Crippen LogP contribution in [0.4, 0.5) is 5.95 Å². The quantitative estimate of drug-likeness (QED) is 0.576. The van der Waals surface area contributed by atoms with Crippen molar-refractivity contribution in [1.82, 2.24) is 9.97 Å². The Bertz CT molecular complexity index is 1140. The van der Waals surface area contributed by atoms with Crippen LogP contribution in [-0.4, -0.2) is 15.9 Å². The summed E-state index contributed by atoms with van der Waals surface area (Å²) in [6, 6.07) is 10.1. The summed E-state index contributed by atoms with van der Waals surface area (Å²) in [4.78, 5) is 20.8. The second-order valence-corrected chi connectivity index (χ2v) is 10.0. The fourth-order valence-electron chi connectivity index (χ4n) is 4.41. The van der Waals surface area contributed by atoms with E-state index in [2.05, 4.69) is 62.0 Å². The fourth-order valence-corrected chi connectivity index (χ4v) is 4.41. The van der Waals surface area contributed by atoms with E-state index in [1.54, 1.807) is 18.3 Å². The molecule has 1 aliphatic carbocycles. The summed E-state index contributed by atoms with van der Waals surface area (Å²) in [6.45, 7) is 13.4. The first-order valence-corrected chi connectivity index (χ1v) is 10.9. The number of fused-ring (bicyclic) bond motifs is 1. The maximum atomic E-state index is 12.5. The third kappa shape index (κ3) is 4.27. The van der Waals surface area contributed by atoms with E-state index in [1.165, 1.54) is 35.1 Å². The van der Waals surface area contributed by atoms with Gasteiger partial charge in [-0.25, -0.2) is 9.97 Å². The van der Waals surface area contributed by atoms with Gasteiger partial charge in [0.25, 0.3) is 5.91 Å². The molecular formula is C26H31N3O2. The number of aromatic nitrogens is 2. The lowest BCUT2D eigenvalue weighted by atomic mass is 9.62. The summed E-state index contributed by atoms with van der Waals surface area (Å²) in [5.41, 5.74) is 6.55. The average Bonchev–Trinajstić information content (AvgIpc) is 3.16. The Labute approximate surface area is 184 Å². The number of rotatable bonds is 4. The molecule has 3 aromatic rings. The van der Waals surface area contributed by atoms with Gasteiger partial charge in [0.15, 0.2) is 5.76 Å². The fraction of sp³-hybridized carbons (Fsp3) is 0.423. The average molecular weight is 418 g/mol. The third-order valence-corrected chi connectivity index (χ3v) is 6.58. The van der Waals surface area contributed by atoms with Gasteiger partial charge >= 0.3 is 0 Å². The van der Waals surface area contributed by atoms with Gasteiger partial charge in [-0.2, -0.15) is 0 Å². The Hall–Kier alpha value is -2.95. The Kier molecular flexibility index (Phi) is 5.24. The number of benzene rings is 1. The molecule has 5 nitrogen and oxygen atoms in total. The van der Waals surface area contributed by atoms with Crippen LogP contribution in [-0.2, 0) is 17.3 Å². The highest BCUT2D eigenvalue weighted by Gasteiger charge is 2.37. The largest absolute Gasteiger partial charge is 0.456 e. The van der Waals surface area contributed by atoms with E-state index < -0.39 is 0 Å². The molecule has 1 aliphatic rings. The molecule has 31 heavy (non-hydrogen) atoms. The molecule has 0 saturated carbocycles. The maximum Gasteiger partial charge on any atom is 0.293 e. The number of carbonyl (C=O) groups is 1. The molecular weight excluding hydrogens is 386 g/mol. The number of nitrogens with zero attached hydrogens (tertiary/aromatic N) is 2. The molecule has 0 saturated heterocycles. The number of anilines is 1. The van der Waals surface area contributed by atoms with Gasteiger partial charge in [-0.1, -0.05) is 39.8 Å². The molecule has 1 aromatic carbocycles. The van der Waals surface area contributed by atoms with Gasteiger partial charge in [-0.3, -0.25) is 10.1 Å². The lowest BCUT2D eigenvalue weighted by Crippen LogP contribution is -2.34. The van der Waals surface area contributed by atoms with E-state index in [1.807, 2.05) is 13.0 Å².